The minimum Gasteiger partial charge on any atom is -0.494 e. The van der Waals surface area contributed by atoms with E-state index in [1.54, 1.807) is 6.08 Å². The standard InChI is InChI=1S/C24H32N2O3/c1-3-5-6-7-8-17-29-23-11-9-10-21(18-23)26-24(27)19-25-20-12-14-22(15-13-20)28-16-4-2/h4,9-15,18,25H,2-3,5-8,16-17,19H2,1H3,(H,26,27). The molecule has 0 aromatic heterocycles. The van der Waals surface area contributed by atoms with Crippen LogP contribution in [0.3, 0.4) is 0 Å². The summed E-state index contributed by atoms with van der Waals surface area (Å²) < 4.78 is 11.2. The molecule has 156 valence electrons. The number of rotatable bonds is 14. The van der Waals surface area contributed by atoms with Crippen LogP contribution in [0.25, 0.3) is 0 Å². The third kappa shape index (κ3) is 9.19. The van der Waals surface area contributed by atoms with Crippen LogP contribution in [0.2, 0.25) is 0 Å². The zero-order valence-electron chi connectivity index (χ0n) is 17.3. The molecular formula is C24H32N2O3. The third-order valence-electron chi connectivity index (χ3n) is 4.31. The number of benzene rings is 2. The van der Waals surface area contributed by atoms with Crippen LogP contribution < -0.4 is 20.1 Å². The van der Waals surface area contributed by atoms with Crippen molar-refractivity contribution in [1.82, 2.24) is 0 Å². The van der Waals surface area contributed by atoms with Crippen molar-refractivity contribution < 1.29 is 14.3 Å². The Labute approximate surface area is 174 Å². The number of anilines is 2. The minimum absolute atomic E-state index is 0.117. The van der Waals surface area contributed by atoms with Gasteiger partial charge in [-0.1, -0.05) is 51.3 Å². The van der Waals surface area contributed by atoms with Crippen molar-refractivity contribution in [3.63, 3.8) is 0 Å². The van der Waals surface area contributed by atoms with Gasteiger partial charge in [-0.05, 0) is 42.8 Å². The van der Waals surface area contributed by atoms with Crippen LogP contribution in [0.1, 0.15) is 39.0 Å². The highest BCUT2D eigenvalue weighted by Crippen LogP contribution is 2.18. The second kappa shape index (κ2) is 13.3. The van der Waals surface area contributed by atoms with Crippen molar-refractivity contribution >= 4 is 17.3 Å². The summed E-state index contributed by atoms with van der Waals surface area (Å²) in [5.41, 5.74) is 1.58. The van der Waals surface area contributed by atoms with Gasteiger partial charge in [-0.2, -0.15) is 0 Å². The Bertz CT molecular complexity index is 744. The van der Waals surface area contributed by atoms with Gasteiger partial charge in [0.25, 0.3) is 0 Å². The summed E-state index contributed by atoms with van der Waals surface area (Å²) in [6, 6.07) is 15.0. The first-order valence-electron chi connectivity index (χ1n) is 10.3. The van der Waals surface area contributed by atoms with Crippen molar-refractivity contribution in [3.05, 3.63) is 61.2 Å². The van der Waals surface area contributed by atoms with E-state index in [-0.39, 0.29) is 12.5 Å². The Hall–Kier alpha value is -2.95. The van der Waals surface area contributed by atoms with E-state index in [2.05, 4.69) is 24.1 Å². The van der Waals surface area contributed by atoms with Gasteiger partial charge in [-0.3, -0.25) is 4.79 Å². The van der Waals surface area contributed by atoms with Crippen LogP contribution in [0.15, 0.2) is 61.2 Å². The molecule has 0 atom stereocenters. The largest absolute Gasteiger partial charge is 0.494 e. The molecule has 0 unspecified atom stereocenters. The molecule has 2 rings (SSSR count). The molecule has 0 fully saturated rings. The van der Waals surface area contributed by atoms with E-state index in [0.29, 0.717) is 13.2 Å². The van der Waals surface area contributed by atoms with Crippen LogP contribution in [-0.2, 0) is 4.79 Å². The van der Waals surface area contributed by atoms with Gasteiger partial charge in [0.15, 0.2) is 0 Å². The van der Waals surface area contributed by atoms with Crippen LogP contribution in [-0.4, -0.2) is 25.7 Å². The molecule has 0 heterocycles. The monoisotopic (exact) mass is 396 g/mol. The molecule has 5 nitrogen and oxygen atoms in total. The lowest BCUT2D eigenvalue weighted by Gasteiger charge is -2.11. The second-order valence-electron chi connectivity index (χ2n) is 6.82. The first-order chi connectivity index (χ1) is 14.2. The second-order valence-corrected chi connectivity index (χ2v) is 6.82. The van der Waals surface area contributed by atoms with Crippen molar-refractivity contribution in [3.8, 4) is 11.5 Å². The van der Waals surface area contributed by atoms with Gasteiger partial charge < -0.3 is 20.1 Å². The molecule has 0 saturated carbocycles. The number of amides is 1. The molecule has 0 radical (unpaired) electrons. The quantitative estimate of drug-likeness (QED) is 0.320. The molecule has 2 aromatic carbocycles. The van der Waals surface area contributed by atoms with Gasteiger partial charge in [0.2, 0.25) is 5.91 Å². The third-order valence-corrected chi connectivity index (χ3v) is 4.31. The molecule has 1 amide bonds. The Morgan fingerprint density at radius 1 is 0.966 bits per heavy atom. The maximum atomic E-state index is 12.2. The summed E-state index contributed by atoms with van der Waals surface area (Å²) in [6.07, 6.45) is 7.72. The van der Waals surface area contributed by atoms with E-state index in [1.807, 2.05) is 48.5 Å². The van der Waals surface area contributed by atoms with E-state index in [4.69, 9.17) is 9.47 Å². The van der Waals surface area contributed by atoms with Crippen molar-refractivity contribution in [2.24, 2.45) is 0 Å². The minimum atomic E-state index is -0.117. The number of carbonyl (C=O) groups is 1. The lowest BCUT2D eigenvalue weighted by atomic mass is 10.2. The number of hydrogen-bond donors (Lipinski definition) is 2. The van der Waals surface area contributed by atoms with Gasteiger partial charge in [-0.15, -0.1) is 0 Å². The van der Waals surface area contributed by atoms with Gasteiger partial charge in [0.05, 0.1) is 13.2 Å². The molecule has 0 bridgehead atoms. The molecule has 0 aliphatic rings. The maximum Gasteiger partial charge on any atom is 0.243 e. The number of hydrogen-bond acceptors (Lipinski definition) is 4. The topological polar surface area (TPSA) is 59.6 Å². The van der Waals surface area contributed by atoms with Crippen LogP contribution in [0, 0.1) is 0 Å². The van der Waals surface area contributed by atoms with Gasteiger partial charge >= 0.3 is 0 Å². The maximum absolute atomic E-state index is 12.2. The van der Waals surface area contributed by atoms with E-state index in [1.165, 1.54) is 25.7 Å². The zero-order chi connectivity index (χ0) is 20.7. The Morgan fingerprint density at radius 3 is 2.52 bits per heavy atom. The Balaban J connectivity index is 1.72. The average Bonchev–Trinajstić information content (AvgIpc) is 2.74. The summed E-state index contributed by atoms with van der Waals surface area (Å²) in [5, 5.41) is 6.00. The SMILES string of the molecule is C=CCOc1ccc(NCC(=O)Nc2cccc(OCCCCCCC)c2)cc1. The van der Waals surface area contributed by atoms with Gasteiger partial charge in [0, 0.05) is 17.4 Å². The first kappa shape index (κ1) is 22.3. The molecular weight excluding hydrogens is 364 g/mol. The van der Waals surface area contributed by atoms with Gasteiger partial charge in [0.1, 0.15) is 18.1 Å². The lowest BCUT2D eigenvalue weighted by Crippen LogP contribution is -2.21. The van der Waals surface area contributed by atoms with Crippen molar-refractivity contribution in [1.29, 1.82) is 0 Å². The fourth-order valence-corrected chi connectivity index (χ4v) is 2.77. The summed E-state index contributed by atoms with van der Waals surface area (Å²) >= 11 is 0. The Kier molecular flexibility index (Phi) is 10.2. The fourth-order valence-electron chi connectivity index (χ4n) is 2.77. The van der Waals surface area contributed by atoms with Crippen molar-refractivity contribution in [2.45, 2.75) is 39.0 Å². The highest BCUT2D eigenvalue weighted by Gasteiger charge is 2.04. The summed E-state index contributed by atoms with van der Waals surface area (Å²) in [5.74, 6) is 1.43. The summed E-state index contributed by atoms with van der Waals surface area (Å²) in [4.78, 5) is 12.2. The molecule has 0 aliphatic heterocycles. The van der Waals surface area contributed by atoms with Crippen LogP contribution in [0.4, 0.5) is 11.4 Å². The molecule has 0 saturated heterocycles. The predicted octanol–water partition coefficient (Wildman–Crippen LogP) is 5.65. The van der Waals surface area contributed by atoms with E-state index in [0.717, 1.165) is 29.3 Å². The number of nitrogens with one attached hydrogen (secondary N) is 2. The molecule has 0 aliphatic carbocycles. The van der Waals surface area contributed by atoms with Gasteiger partial charge in [-0.25, -0.2) is 0 Å². The molecule has 2 N–H and O–H groups in total. The zero-order valence-corrected chi connectivity index (χ0v) is 17.3. The van der Waals surface area contributed by atoms with Crippen molar-refractivity contribution in [2.75, 3.05) is 30.4 Å². The van der Waals surface area contributed by atoms with E-state index >= 15 is 0 Å². The van der Waals surface area contributed by atoms with Crippen LogP contribution in [0.5, 0.6) is 11.5 Å². The molecule has 5 heteroatoms. The number of carbonyl (C=O) groups excluding carboxylic acids is 1. The van der Waals surface area contributed by atoms with E-state index in [9.17, 15) is 4.79 Å². The highest BCUT2D eigenvalue weighted by molar-refractivity contribution is 5.93. The fraction of sp³-hybridized carbons (Fsp3) is 0.375. The molecule has 29 heavy (non-hydrogen) atoms. The number of unbranched alkanes of at least 4 members (excludes halogenated alkanes) is 4. The summed E-state index contributed by atoms with van der Waals surface area (Å²) in [6.45, 7) is 7.18. The Morgan fingerprint density at radius 2 is 1.76 bits per heavy atom. The lowest BCUT2D eigenvalue weighted by molar-refractivity contribution is -0.114. The summed E-state index contributed by atoms with van der Waals surface area (Å²) in [7, 11) is 0. The number of ether oxygens (including phenoxy) is 2. The molecule has 0 spiro atoms. The molecule has 2 aromatic rings. The smallest absolute Gasteiger partial charge is 0.243 e. The predicted molar refractivity (Wildman–Crippen MR) is 120 cm³/mol. The first-order valence-corrected chi connectivity index (χ1v) is 10.3. The normalized spacial score (nSPS) is 10.2. The van der Waals surface area contributed by atoms with Crippen LogP contribution >= 0.6 is 0 Å². The highest BCUT2D eigenvalue weighted by atomic mass is 16.5. The van der Waals surface area contributed by atoms with E-state index < -0.39 is 0 Å². The average molecular weight is 397 g/mol.